The second kappa shape index (κ2) is 7.27. The Morgan fingerprint density at radius 3 is 2.84 bits per heavy atom. The summed E-state index contributed by atoms with van der Waals surface area (Å²) in [4.78, 5) is 12.4. The molecule has 0 spiro atoms. The normalized spacial score (nSPS) is 19.2. The van der Waals surface area contributed by atoms with E-state index in [1.165, 1.54) is 6.08 Å². The Balaban J connectivity index is 1.75. The Morgan fingerprint density at radius 2 is 2.16 bits per heavy atom. The molecule has 128 valence electrons. The van der Waals surface area contributed by atoms with Crippen LogP contribution in [0.2, 0.25) is 0 Å². The van der Waals surface area contributed by atoms with Crippen LogP contribution in [0.25, 0.3) is 6.08 Å². The number of para-hydroxylation sites is 2. The van der Waals surface area contributed by atoms with Gasteiger partial charge in [0.1, 0.15) is 28.9 Å². The van der Waals surface area contributed by atoms with Crippen LogP contribution in [0, 0.1) is 17.2 Å². The standard InChI is InChI=1S/C20H20N2O3/c1-3-24-19-7-5-4-6-17(19)22-20(23)14(12-21)11-15-8-9-18(25-15)16-10-13(16)2/h4-9,11,13,16H,3,10H2,1-2H3,(H,22,23)/b14-11+/t13-,16-/m1/s1. The van der Waals surface area contributed by atoms with Gasteiger partial charge in [-0.15, -0.1) is 0 Å². The predicted octanol–water partition coefficient (Wildman–Crippen LogP) is 4.35. The highest BCUT2D eigenvalue weighted by Gasteiger charge is 2.36. The molecule has 0 aliphatic heterocycles. The fraction of sp³-hybridized carbons (Fsp3) is 0.300. The molecular formula is C20H20N2O3. The van der Waals surface area contributed by atoms with E-state index in [0.717, 1.165) is 12.2 Å². The van der Waals surface area contributed by atoms with Crippen LogP contribution in [0.4, 0.5) is 5.69 Å². The number of carbonyl (C=O) groups is 1. The highest BCUT2D eigenvalue weighted by molar-refractivity contribution is 6.10. The van der Waals surface area contributed by atoms with Gasteiger partial charge in [-0.3, -0.25) is 4.79 Å². The number of carbonyl (C=O) groups excluding carboxylic acids is 1. The average molecular weight is 336 g/mol. The van der Waals surface area contributed by atoms with E-state index in [-0.39, 0.29) is 5.57 Å². The number of amides is 1. The third kappa shape index (κ3) is 3.92. The van der Waals surface area contributed by atoms with Gasteiger partial charge in [0.2, 0.25) is 0 Å². The van der Waals surface area contributed by atoms with Gasteiger partial charge in [-0.2, -0.15) is 5.26 Å². The molecule has 1 aromatic heterocycles. The fourth-order valence-electron chi connectivity index (χ4n) is 2.70. The van der Waals surface area contributed by atoms with Crippen LogP contribution in [0.15, 0.2) is 46.4 Å². The lowest BCUT2D eigenvalue weighted by Crippen LogP contribution is -2.14. The number of benzene rings is 1. The molecule has 1 aromatic carbocycles. The van der Waals surface area contributed by atoms with Gasteiger partial charge < -0.3 is 14.5 Å². The maximum absolute atomic E-state index is 12.4. The molecule has 2 atom stereocenters. The highest BCUT2D eigenvalue weighted by atomic mass is 16.5. The first-order valence-electron chi connectivity index (χ1n) is 8.37. The zero-order valence-electron chi connectivity index (χ0n) is 14.3. The number of nitrogens with zero attached hydrogens (tertiary/aromatic N) is 1. The van der Waals surface area contributed by atoms with Crippen molar-refractivity contribution in [3.05, 3.63) is 53.5 Å². The van der Waals surface area contributed by atoms with E-state index in [1.54, 1.807) is 24.3 Å². The minimum atomic E-state index is -0.493. The van der Waals surface area contributed by atoms with Crippen LogP contribution in [0.3, 0.4) is 0 Å². The van der Waals surface area contributed by atoms with E-state index in [1.807, 2.05) is 25.1 Å². The summed E-state index contributed by atoms with van der Waals surface area (Å²) < 4.78 is 11.2. The molecule has 1 N–H and O–H groups in total. The third-order valence-corrected chi connectivity index (χ3v) is 4.21. The number of anilines is 1. The Bertz CT molecular complexity index is 845. The van der Waals surface area contributed by atoms with E-state index >= 15 is 0 Å². The Hall–Kier alpha value is -3.00. The van der Waals surface area contributed by atoms with Crippen molar-refractivity contribution in [2.75, 3.05) is 11.9 Å². The number of hydrogen-bond acceptors (Lipinski definition) is 4. The largest absolute Gasteiger partial charge is 0.492 e. The monoisotopic (exact) mass is 336 g/mol. The first kappa shape index (κ1) is 16.8. The Morgan fingerprint density at radius 1 is 1.40 bits per heavy atom. The van der Waals surface area contributed by atoms with Gasteiger partial charge >= 0.3 is 0 Å². The lowest BCUT2D eigenvalue weighted by molar-refractivity contribution is -0.112. The summed E-state index contributed by atoms with van der Waals surface area (Å²) in [6, 6.07) is 12.8. The van der Waals surface area contributed by atoms with E-state index in [9.17, 15) is 10.1 Å². The summed E-state index contributed by atoms with van der Waals surface area (Å²) in [7, 11) is 0. The zero-order chi connectivity index (χ0) is 17.8. The summed E-state index contributed by atoms with van der Waals surface area (Å²) in [5, 5.41) is 12.0. The molecule has 1 aliphatic rings. The van der Waals surface area contributed by atoms with Crippen LogP contribution < -0.4 is 10.1 Å². The molecule has 1 aliphatic carbocycles. The second-order valence-corrected chi connectivity index (χ2v) is 6.11. The van der Waals surface area contributed by atoms with Crippen molar-refractivity contribution in [3.8, 4) is 11.8 Å². The number of nitrogens with one attached hydrogen (secondary N) is 1. The van der Waals surface area contributed by atoms with E-state index in [0.29, 0.717) is 35.6 Å². The van der Waals surface area contributed by atoms with Crippen molar-refractivity contribution in [2.45, 2.75) is 26.2 Å². The number of nitriles is 1. The summed E-state index contributed by atoms with van der Waals surface area (Å²) in [6.07, 6.45) is 2.59. The van der Waals surface area contributed by atoms with E-state index in [2.05, 4.69) is 12.2 Å². The topological polar surface area (TPSA) is 75.3 Å². The average Bonchev–Trinajstić information content (AvgIpc) is 3.16. The first-order chi connectivity index (χ1) is 12.1. The van der Waals surface area contributed by atoms with E-state index in [4.69, 9.17) is 9.15 Å². The number of ether oxygens (including phenoxy) is 1. The van der Waals surface area contributed by atoms with Gasteiger partial charge in [0, 0.05) is 12.0 Å². The maximum atomic E-state index is 12.4. The molecule has 1 heterocycles. The first-order valence-corrected chi connectivity index (χ1v) is 8.37. The quantitative estimate of drug-likeness (QED) is 0.628. The Kier molecular flexibility index (Phi) is 4.90. The number of rotatable bonds is 6. The van der Waals surface area contributed by atoms with Gasteiger partial charge in [0.15, 0.2) is 0 Å². The minimum Gasteiger partial charge on any atom is -0.492 e. The molecule has 0 saturated heterocycles. The van der Waals surface area contributed by atoms with Crippen LogP contribution in [-0.4, -0.2) is 12.5 Å². The van der Waals surface area contributed by atoms with Crippen molar-refractivity contribution in [1.29, 1.82) is 5.26 Å². The van der Waals surface area contributed by atoms with Gasteiger partial charge in [-0.1, -0.05) is 19.1 Å². The second-order valence-electron chi connectivity index (χ2n) is 6.11. The minimum absolute atomic E-state index is 0.0175. The summed E-state index contributed by atoms with van der Waals surface area (Å²) in [6.45, 7) is 4.53. The number of furan rings is 1. The zero-order valence-corrected chi connectivity index (χ0v) is 14.3. The molecule has 1 saturated carbocycles. The van der Waals surface area contributed by atoms with Crippen LogP contribution >= 0.6 is 0 Å². The molecule has 5 heteroatoms. The molecular weight excluding hydrogens is 316 g/mol. The van der Waals surface area contributed by atoms with Crippen LogP contribution in [0.1, 0.15) is 37.7 Å². The van der Waals surface area contributed by atoms with Gasteiger partial charge in [-0.25, -0.2) is 0 Å². The molecule has 25 heavy (non-hydrogen) atoms. The van der Waals surface area contributed by atoms with Gasteiger partial charge in [0.25, 0.3) is 5.91 Å². The van der Waals surface area contributed by atoms with Crippen molar-refractivity contribution in [3.63, 3.8) is 0 Å². The van der Waals surface area contributed by atoms with Gasteiger partial charge in [-0.05, 0) is 43.5 Å². The summed E-state index contributed by atoms with van der Waals surface area (Å²) in [5.41, 5.74) is 0.512. The van der Waals surface area contributed by atoms with Crippen molar-refractivity contribution in [2.24, 2.45) is 5.92 Å². The van der Waals surface area contributed by atoms with Crippen LogP contribution in [0.5, 0.6) is 5.75 Å². The molecule has 5 nitrogen and oxygen atoms in total. The van der Waals surface area contributed by atoms with E-state index < -0.39 is 5.91 Å². The Labute approximate surface area is 146 Å². The molecule has 0 radical (unpaired) electrons. The van der Waals surface area contributed by atoms with Crippen molar-refractivity contribution >= 4 is 17.7 Å². The molecule has 0 unspecified atom stereocenters. The predicted molar refractivity (Wildman–Crippen MR) is 95.1 cm³/mol. The lowest BCUT2D eigenvalue weighted by atomic mass is 10.2. The summed E-state index contributed by atoms with van der Waals surface area (Å²) in [5.74, 6) is 2.60. The van der Waals surface area contributed by atoms with Gasteiger partial charge in [0.05, 0.1) is 12.3 Å². The molecule has 1 amide bonds. The van der Waals surface area contributed by atoms with Crippen LogP contribution in [-0.2, 0) is 4.79 Å². The fourth-order valence-corrected chi connectivity index (χ4v) is 2.70. The number of hydrogen-bond donors (Lipinski definition) is 1. The lowest BCUT2D eigenvalue weighted by Gasteiger charge is -2.10. The molecule has 0 bridgehead atoms. The highest BCUT2D eigenvalue weighted by Crippen LogP contribution is 2.47. The summed E-state index contributed by atoms with van der Waals surface area (Å²) >= 11 is 0. The molecule has 3 rings (SSSR count). The SMILES string of the molecule is CCOc1ccccc1NC(=O)/C(C#N)=C/c1ccc([C@@H]2C[C@H]2C)o1. The smallest absolute Gasteiger partial charge is 0.266 e. The third-order valence-electron chi connectivity index (χ3n) is 4.21. The maximum Gasteiger partial charge on any atom is 0.266 e. The van der Waals surface area contributed by atoms with Crippen molar-refractivity contribution in [1.82, 2.24) is 0 Å². The molecule has 2 aromatic rings. The molecule has 1 fully saturated rings. The van der Waals surface area contributed by atoms with Crippen molar-refractivity contribution < 1.29 is 13.9 Å².